The topological polar surface area (TPSA) is 9.86 Å². The predicted octanol–water partition coefficient (Wildman–Crippen LogP) is 14.5. The maximum Gasteiger partial charge on any atom is 0.0541 e. The number of hydrogen-bond acceptors (Lipinski definition) is 0. The molecule has 2 aliphatic rings. The van der Waals surface area contributed by atoms with Gasteiger partial charge in [0.25, 0.3) is 0 Å². The highest BCUT2D eigenvalue weighted by Gasteiger charge is 2.38. The Morgan fingerprint density at radius 1 is 0.322 bits per heavy atom. The van der Waals surface area contributed by atoms with Crippen LogP contribution in [0.3, 0.4) is 0 Å². The zero-order chi connectivity index (χ0) is 38.8. The first-order valence-corrected chi connectivity index (χ1v) is 20.8. The van der Waals surface area contributed by atoms with Crippen LogP contribution < -0.4 is 0 Å². The molecule has 0 aliphatic heterocycles. The van der Waals surface area contributed by atoms with Gasteiger partial charge in [-0.05, 0) is 98.5 Å². The van der Waals surface area contributed by atoms with Crippen LogP contribution in [0.5, 0.6) is 0 Å². The molecule has 0 amide bonds. The SMILES string of the molecule is Cc1c(C2c3ccccc3-c3ccccc32)c(-n2c3ccccc3c3ccccc32)cc(C2c3ccccc3-c3ccccc32)c1-n1c2ccccc2c2ccccc21. The molecule has 59 heavy (non-hydrogen) atoms. The van der Waals surface area contributed by atoms with Crippen LogP contribution in [-0.4, -0.2) is 9.13 Å². The minimum absolute atomic E-state index is 0.0139. The fourth-order valence-corrected chi connectivity index (χ4v) is 11.2. The van der Waals surface area contributed by atoms with E-state index in [1.165, 1.54) is 116 Å². The lowest BCUT2D eigenvalue weighted by atomic mass is 9.80. The summed E-state index contributed by atoms with van der Waals surface area (Å²) >= 11 is 0. The van der Waals surface area contributed by atoms with Crippen molar-refractivity contribution in [2.75, 3.05) is 0 Å². The van der Waals surface area contributed by atoms with Crippen LogP contribution in [0, 0.1) is 6.92 Å². The Hall–Kier alpha value is -7.42. The molecule has 2 aromatic heterocycles. The Morgan fingerprint density at radius 2 is 0.644 bits per heavy atom. The highest BCUT2D eigenvalue weighted by Crippen LogP contribution is 2.55. The van der Waals surface area contributed by atoms with Crippen LogP contribution in [0.4, 0.5) is 0 Å². The van der Waals surface area contributed by atoms with Gasteiger partial charge in [0.1, 0.15) is 0 Å². The molecule has 9 aromatic carbocycles. The van der Waals surface area contributed by atoms with Gasteiger partial charge in [-0.2, -0.15) is 0 Å². The van der Waals surface area contributed by atoms with E-state index in [1.54, 1.807) is 0 Å². The van der Waals surface area contributed by atoms with Gasteiger partial charge in [-0.15, -0.1) is 0 Å². The molecule has 2 heterocycles. The van der Waals surface area contributed by atoms with E-state index in [9.17, 15) is 0 Å². The van der Waals surface area contributed by atoms with Crippen molar-refractivity contribution in [1.29, 1.82) is 0 Å². The minimum atomic E-state index is 0.0139. The maximum atomic E-state index is 2.60. The number of para-hydroxylation sites is 4. The first-order chi connectivity index (χ1) is 29.3. The van der Waals surface area contributed by atoms with E-state index in [2.05, 4.69) is 216 Å². The molecule has 0 bridgehead atoms. The van der Waals surface area contributed by atoms with Crippen LogP contribution in [0.25, 0.3) is 77.2 Å². The molecule has 2 heteroatoms. The molecule has 0 N–H and O–H groups in total. The van der Waals surface area contributed by atoms with Gasteiger partial charge in [0.05, 0.1) is 33.4 Å². The van der Waals surface area contributed by atoms with Gasteiger partial charge in [-0.3, -0.25) is 0 Å². The summed E-state index contributed by atoms with van der Waals surface area (Å²) in [5.74, 6) is 0.0291. The van der Waals surface area contributed by atoms with Crippen molar-refractivity contribution in [3.05, 3.63) is 239 Å². The number of fused-ring (bicyclic) bond motifs is 12. The maximum absolute atomic E-state index is 2.60. The van der Waals surface area contributed by atoms with Gasteiger partial charge in [-0.25, -0.2) is 0 Å². The normalized spacial score (nSPS) is 13.4. The molecular weight excluding hydrogens is 713 g/mol. The van der Waals surface area contributed by atoms with E-state index in [0.29, 0.717) is 0 Å². The van der Waals surface area contributed by atoms with E-state index >= 15 is 0 Å². The Kier molecular flexibility index (Phi) is 6.80. The highest BCUT2D eigenvalue weighted by molar-refractivity contribution is 6.11. The van der Waals surface area contributed by atoms with Crippen LogP contribution >= 0.6 is 0 Å². The minimum Gasteiger partial charge on any atom is -0.309 e. The van der Waals surface area contributed by atoms with Crippen LogP contribution in [0.2, 0.25) is 0 Å². The molecule has 0 unspecified atom stereocenters. The third kappa shape index (κ3) is 4.41. The summed E-state index contributed by atoms with van der Waals surface area (Å²) in [6.07, 6.45) is 0. The van der Waals surface area contributed by atoms with Gasteiger partial charge >= 0.3 is 0 Å². The van der Waals surface area contributed by atoms with Gasteiger partial charge in [0.2, 0.25) is 0 Å². The van der Waals surface area contributed by atoms with Crippen molar-refractivity contribution in [3.8, 4) is 33.6 Å². The fourth-order valence-electron chi connectivity index (χ4n) is 11.2. The summed E-state index contributed by atoms with van der Waals surface area (Å²) in [7, 11) is 0. The van der Waals surface area contributed by atoms with E-state index in [-0.39, 0.29) is 11.8 Å². The molecule has 2 nitrogen and oxygen atoms in total. The largest absolute Gasteiger partial charge is 0.309 e. The van der Waals surface area contributed by atoms with Crippen LogP contribution in [0.1, 0.15) is 50.8 Å². The van der Waals surface area contributed by atoms with Gasteiger partial charge in [0.15, 0.2) is 0 Å². The Labute approximate surface area is 342 Å². The van der Waals surface area contributed by atoms with Crippen LogP contribution in [0.15, 0.2) is 200 Å². The third-order valence-electron chi connectivity index (χ3n) is 13.5. The van der Waals surface area contributed by atoms with Crippen LogP contribution in [-0.2, 0) is 0 Å². The average molecular weight is 751 g/mol. The summed E-state index contributed by atoms with van der Waals surface area (Å²) in [5.41, 5.74) is 22.0. The van der Waals surface area contributed by atoms with Crippen molar-refractivity contribution in [1.82, 2.24) is 9.13 Å². The quantitative estimate of drug-likeness (QED) is 0.170. The van der Waals surface area contributed by atoms with Gasteiger partial charge in [0, 0.05) is 33.4 Å². The molecule has 2 aliphatic carbocycles. The lowest BCUT2D eigenvalue weighted by Crippen LogP contribution is -2.16. The van der Waals surface area contributed by atoms with Crippen molar-refractivity contribution in [2.24, 2.45) is 0 Å². The Balaban J connectivity index is 1.27. The first kappa shape index (κ1) is 32.6. The number of rotatable bonds is 4. The molecule has 0 saturated carbocycles. The fraction of sp³-hybridized carbons (Fsp3) is 0.0526. The first-order valence-electron chi connectivity index (χ1n) is 20.8. The second-order valence-corrected chi connectivity index (χ2v) is 16.3. The summed E-state index contributed by atoms with van der Waals surface area (Å²) < 4.78 is 5.19. The predicted molar refractivity (Wildman–Crippen MR) is 246 cm³/mol. The molecule has 0 radical (unpaired) electrons. The number of aromatic nitrogens is 2. The number of benzene rings is 9. The monoisotopic (exact) mass is 750 g/mol. The molecule has 0 atom stereocenters. The van der Waals surface area contributed by atoms with Gasteiger partial charge in [-0.1, -0.05) is 170 Å². The summed E-state index contributed by atoms with van der Waals surface area (Å²) in [6, 6.07) is 74.9. The van der Waals surface area contributed by atoms with Crippen molar-refractivity contribution >= 4 is 43.6 Å². The highest BCUT2D eigenvalue weighted by atomic mass is 15.0. The lowest BCUT2D eigenvalue weighted by molar-refractivity contribution is 0.920. The summed E-state index contributed by atoms with van der Waals surface area (Å²) in [6.45, 7) is 2.42. The summed E-state index contributed by atoms with van der Waals surface area (Å²) in [4.78, 5) is 0. The molecule has 13 rings (SSSR count). The van der Waals surface area contributed by atoms with Gasteiger partial charge < -0.3 is 9.13 Å². The van der Waals surface area contributed by atoms with E-state index < -0.39 is 0 Å². The zero-order valence-electron chi connectivity index (χ0n) is 32.6. The Bertz CT molecular complexity index is 3340. The third-order valence-corrected chi connectivity index (χ3v) is 13.5. The second kappa shape index (κ2) is 12.3. The smallest absolute Gasteiger partial charge is 0.0541 e. The molecule has 276 valence electrons. The molecule has 11 aromatic rings. The number of nitrogens with zero attached hydrogens (tertiary/aromatic N) is 2. The number of hydrogen-bond donors (Lipinski definition) is 0. The van der Waals surface area contributed by atoms with E-state index in [0.717, 1.165) is 0 Å². The zero-order valence-corrected chi connectivity index (χ0v) is 32.6. The van der Waals surface area contributed by atoms with E-state index in [1.807, 2.05) is 0 Å². The van der Waals surface area contributed by atoms with Crippen molar-refractivity contribution in [2.45, 2.75) is 18.8 Å². The summed E-state index contributed by atoms with van der Waals surface area (Å²) in [5, 5.41) is 5.07. The molecule has 0 fully saturated rings. The lowest BCUT2D eigenvalue weighted by Gasteiger charge is -2.30. The van der Waals surface area contributed by atoms with E-state index in [4.69, 9.17) is 0 Å². The van der Waals surface area contributed by atoms with Crippen molar-refractivity contribution in [3.63, 3.8) is 0 Å². The molecule has 0 saturated heterocycles. The Morgan fingerprint density at radius 3 is 1.05 bits per heavy atom. The average Bonchev–Trinajstić information content (AvgIpc) is 4.02. The molecule has 0 spiro atoms. The standard InChI is InChI=1S/C57H38N2/c1-35-54(56-46-28-8-4-20-38(46)39-21-5-9-29-47(39)56)53(58-49-30-14-10-22-40(49)41-23-11-15-31-50(41)58)34-48(55-44-26-6-2-18-36(44)37-19-3-7-27-45(37)55)57(35)59-51-32-16-12-24-42(51)43-25-13-17-33-52(43)59/h2-34,55-56H,1H3. The molecular formula is C57H38N2. The van der Waals surface area contributed by atoms with Crippen molar-refractivity contribution < 1.29 is 0 Å². The second-order valence-electron chi connectivity index (χ2n) is 16.3.